The second kappa shape index (κ2) is 44.8. The lowest BCUT2D eigenvalue weighted by atomic mass is 9.94. The third kappa shape index (κ3) is 52.1. The smallest absolute Gasteiger partial charge is 0.0146 e. The van der Waals surface area contributed by atoms with Crippen LogP contribution in [0.2, 0.25) is 0 Å². The van der Waals surface area contributed by atoms with Gasteiger partial charge in [-0.3, -0.25) is 0 Å². The van der Waals surface area contributed by atoms with E-state index in [4.69, 9.17) is 0 Å². The number of hydrogen-bond acceptors (Lipinski definition) is 0. The maximum atomic E-state index is 2.96. The summed E-state index contributed by atoms with van der Waals surface area (Å²) in [6.07, 6.45) is 4.44. The van der Waals surface area contributed by atoms with Crippen LogP contribution in [0.4, 0.5) is 0 Å². The summed E-state index contributed by atoms with van der Waals surface area (Å²) in [7, 11) is 0. The molecule has 230 valence electrons. The molecule has 0 bridgehead atoms. The third-order valence-electron chi connectivity index (χ3n) is 4.58. The molecule has 0 heterocycles. The Balaban J connectivity index is -0.0000000381. The molecule has 0 aliphatic heterocycles. The molecular formula is C37H82. The van der Waals surface area contributed by atoms with Gasteiger partial charge in [0.15, 0.2) is 0 Å². The average Bonchev–Trinajstić information content (AvgIpc) is 3.19. The second-order valence-corrected chi connectivity index (χ2v) is 9.77. The van der Waals surface area contributed by atoms with E-state index in [-0.39, 0.29) is 37.1 Å². The van der Waals surface area contributed by atoms with Crippen LogP contribution in [0, 0.1) is 41.4 Å². The molecule has 1 aromatic rings. The molecule has 0 heteroatoms. The van der Waals surface area contributed by atoms with E-state index in [1.807, 2.05) is 40.7 Å². The Bertz CT molecular complexity index is 493. The fraction of sp³-hybridized carbons (Fsp3) is 0.784. The lowest BCUT2D eigenvalue weighted by Crippen LogP contribution is -2.02. The largest absolute Gasteiger partial charge is 0.106 e. The van der Waals surface area contributed by atoms with Crippen LogP contribution < -0.4 is 0 Å². The standard InChI is InChI=1S/C9H18.C9H12.C6H10.C4H10.2C2H6.5CH4/c1-7(2)9-5-4-8(3)6-9;1-8(2)9-6-4-3-5-7-9;1-4-5-6(2)3;1-4(2)3;2*1-2;;;;;/h7-9H,4-6H2,1-3H3;3-8H,1-2H3;6H,1-3H3;4H,1-3H3;2*1-2H3;5*1H4. The summed E-state index contributed by atoms with van der Waals surface area (Å²) in [4.78, 5) is 0. The lowest BCUT2D eigenvalue weighted by Gasteiger charge is -2.12. The molecule has 37 heavy (non-hydrogen) atoms. The zero-order chi connectivity index (χ0) is 26.1. The Morgan fingerprint density at radius 3 is 1.19 bits per heavy atom. The monoisotopic (exact) mass is 527 g/mol. The van der Waals surface area contributed by atoms with E-state index in [1.54, 1.807) is 0 Å². The number of rotatable bonds is 2. The number of benzene rings is 1. The molecule has 0 radical (unpaired) electrons. The average molecular weight is 527 g/mol. The maximum absolute atomic E-state index is 2.96. The Morgan fingerprint density at radius 1 is 0.676 bits per heavy atom. The van der Waals surface area contributed by atoms with Crippen LogP contribution >= 0.6 is 0 Å². The molecule has 1 fully saturated rings. The van der Waals surface area contributed by atoms with Crippen LogP contribution in [0.25, 0.3) is 0 Å². The minimum Gasteiger partial charge on any atom is -0.106 e. The summed E-state index contributed by atoms with van der Waals surface area (Å²) in [6, 6.07) is 10.5. The normalized spacial score (nSPS) is 13.7. The molecule has 1 aliphatic carbocycles. The molecule has 1 aliphatic rings. The summed E-state index contributed by atoms with van der Waals surface area (Å²) in [5.74, 6) is 10.8. The summed E-state index contributed by atoms with van der Waals surface area (Å²) >= 11 is 0. The molecular weight excluding hydrogens is 444 g/mol. The predicted molar refractivity (Wildman–Crippen MR) is 187 cm³/mol. The fourth-order valence-corrected chi connectivity index (χ4v) is 2.98. The van der Waals surface area contributed by atoms with E-state index >= 15 is 0 Å². The van der Waals surface area contributed by atoms with Crippen molar-refractivity contribution in [3.8, 4) is 11.8 Å². The SMILES string of the molecule is C.C.C.C.C.CC.CC.CC#CC(C)C.CC(C)C.CC(C)c1ccccc1.CC1CCC(C(C)C)C1. The van der Waals surface area contributed by atoms with Crippen LogP contribution in [0.3, 0.4) is 0 Å². The van der Waals surface area contributed by atoms with Crippen LogP contribution in [0.5, 0.6) is 0 Å². The molecule has 0 aromatic heterocycles. The summed E-state index contributed by atoms with van der Waals surface area (Å²) in [5.41, 5.74) is 1.41. The van der Waals surface area contributed by atoms with Gasteiger partial charge < -0.3 is 0 Å². The van der Waals surface area contributed by atoms with Crippen molar-refractivity contribution < 1.29 is 0 Å². The molecule has 0 nitrogen and oxygen atoms in total. The van der Waals surface area contributed by atoms with Gasteiger partial charge in [0, 0.05) is 5.92 Å². The van der Waals surface area contributed by atoms with Crippen LogP contribution in [0.1, 0.15) is 172 Å². The molecule has 0 N–H and O–H groups in total. The Labute approximate surface area is 243 Å². The van der Waals surface area contributed by atoms with E-state index in [0.717, 1.165) is 23.7 Å². The maximum Gasteiger partial charge on any atom is 0.0146 e. The van der Waals surface area contributed by atoms with Crippen molar-refractivity contribution >= 4 is 0 Å². The van der Waals surface area contributed by atoms with Crippen molar-refractivity contribution in [2.75, 3.05) is 0 Å². The van der Waals surface area contributed by atoms with Crippen LogP contribution in [-0.2, 0) is 0 Å². The first kappa shape index (κ1) is 60.4. The van der Waals surface area contributed by atoms with Crippen LogP contribution in [0.15, 0.2) is 30.3 Å². The molecule has 2 unspecified atom stereocenters. The van der Waals surface area contributed by atoms with E-state index in [0.29, 0.717) is 11.8 Å². The molecule has 2 atom stereocenters. The van der Waals surface area contributed by atoms with Gasteiger partial charge in [-0.1, -0.05) is 171 Å². The Morgan fingerprint density at radius 2 is 1.05 bits per heavy atom. The first-order valence-corrected chi connectivity index (χ1v) is 13.5. The first-order valence-electron chi connectivity index (χ1n) is 13.5. The molecule has 0 saturated heterocycles. The van der Waals surface area contributed by atoms with Gasteiger partial charge in [0.25, 0.3) is 0 Å². The number of hydrogen-bond donors (Lipinski definition) is 0. The highest BCUT2D eigenvalue weighted by atomic mass is 14.3. The van der Waals surface area contributed by atoms with Gasteiger partial charge in [0.05, 0.1) is 0 Å². The van der Waals surface area contributed by atoms with Gasteiger partial charge in [-0.2, -0.15) is 0 Å². The lowest BCUT2D eigenvalue weighted by molar-refractivity contribution is 0.384. The summed E-state index contributed by atoms with van der Waals surface area (Å²) < 4.78 is 0. The Hall–Kier alpha value is -1.22. The van der Waals surface area contributed by atoms with Crippen LogP contribution in [-0.4, -0.2) is 0 Å². The van der Waals surface area contributed by atoms with E-state index in [2.05, 4.69) is 105 Å². The minimum absolute atomic E-state index is 0. The van der Waals surface area contributed by atoms with Gasteiger partial charge in [-0.15, -0.1) is 11.8 Å². The van der Waals surface area contributed by atoms with E-state index in [1.165, 1.54) is 24.8 Å². The van der Waals surface area contributed by atoms with Gasteiger partial charge in [0.1, 0.15) is 0 Å². The molecule has 1 saturated carbocycles. The molecule has 2 rings (SSSR count). The van der Waals surface area contributed by atoms with Gasteiger partial charge in [0.2, 0.25) is 0 Å². The quantitative estimate of drug-likeness (QED) is 0.336. The highest BCUT2D eigenvalue weighted by Crippen LogP contribution is 2.34. The molecule has 0 amide bonds. The second-order valence-electron chi connectivity index (χ2n) is 9.77. The predicted octanol–water partition coefficient (Wildman–Crippen LogP) is 14.4. The highest BCUT2D eigenvalue weighted by molar-refractivity contribution is 5.17. The summed E-state index contributed by atoms with van der Waals surface area (Å²) in [5, 5.41) is 0. The fourth-order valence-electron chi connectivity index (χ4n) is 2.98. The van der Waals surface area contributed by atoms with Gasteiger partial charge in [-0.25, -0.2) is 0 Å². The zero-order valence-electron chi connectivity index (χ0n) is 25.0. The topological polar surface area (TPSA) is 0 Å². The highest BCUT2D eigenvalue weighted by Gasteiger charge is 2.23. The van der Waals surface area contributed by atoms with E-state index in [9.17, 15) is 0 Å². The van der Waals surface area contributed by atoms with Crippen molar-refractivity contribution in [2.45, 2.75) is 166 Å². The van der Waals surface area contributed by atoms with Crippen molar-refractivity contribution in [1.29, 1.82) is 0 Å². The third-order valence-corrected chi connectivity index (χ3v) is 4.58. The Kier molecular flexibility index (Phi) is 73.0. The van der Waals surface area contributed by atoms with Crippen molar-refractivity contribution in [3.05, 3.63) is 35.9 Å². The van der Waals surface area contributed by atoms with Gasteiger partial charge >= 0.3 is 0 Å². The van der Waals surface area contributed by atoms with Crippen molar-refractivity contribution in [2.24, 2.45) is 29.6 Å². The van der Waals surface area contributed by atoms with Gasteiger partial charge in [-0.05, 0) is 54.9 Å². The zero-order valence-corrected chi connectivity index (χ0v) is 25.0. The van der Waals surface area contributed by atoms with E-state index < -0.39 is 0 Å². The van der Waals surface area contributed by atoms with Crippen molar-refractivity contribution in [1.82, 2.24) is 0 Å². The first-order chi connectivity index (χ1) is 15.0. The van der Waals surface area contributed by atoms with Crippen molar-refractivity contribution in [3.63, 3.8) is 0 Å². The summed E-state index contributed by atoms with van der Waals surface area (Å²) in [6.45, 7) is 32.0. The molecule has 0 spiro atoms. The molecule has 1 aromatic carbocycles. The minimum atomic E-state index is 0.